The summed E-state index contributed by atoms with van der Waals surface area (Å²) in [5, 5.41) is 5.89. The highest BCUT2D eigenvalue weighted by Gasteiger charge is 2.48. The number of nitrogens with zero attached hydrogens (tertiary/aromatic N) is 4. The number of nitrogens with one attached hydrogen (secondary N) is 1. The van der Waals surface area contributed by atoms with Crippen molar-refractivity contribution in [3.05, 3.63) is 48.3 Å². The molecule has 1 fully saturated rings. The molecule has 1 unspecified atom stereocenters. The van der Waals surface area contributed by atoms with Gasteiger partial charge in [0.15, 0.2) is 0 Å². The second-order valence-electron chi connectivity index (χ2n) is 7.67. The smallest absolute Gasteiger partial charge is 0.268 e. The van der Waals surface area contributed by atoms with Crippen LogP contribution in [-0.4, -0.2) is 47.1 Å². The van der Waals surface area contributed by atoms with Gasteiger partial charge in [0.2, 0.25) is 0 Å². The van der Waals surface area contributed by atoms with Crippen molar-refractivity contribution < 1.29 is 8.42 Å². The Morgan fingerprint density at radius 3 is 2.86 bits per heavy atom. The van der Waals surface area contributed by atoms with E-state index in [1.807, 2.05) is 29.1 Å². The SMILES string of the molecule is CCNS(=O)(=O)N1CCC2(CCn3nc(-c4cnc5ccccc5c4)cc32)C1. The summed E-state index contributed by atoms with van der Waals surface area (Å²) >= 11 is 0. The molecule has 7 nitrogen and oxygen atoms in total. The monoisotopic (exact) mass is 397 g/mol. The predicted octanol–water partition coefficient (Wildman–Crippen LogP) is 2.30. The molecule has 4 heterocycles. The average Bonchev–Trinajstić information content (AvgIpc) is 3.39. The Labute approximate surface area is 164 Å². The molecule has 0 saturated carbocycles. The number of fused-ring (bicyclic) bond motifs is 3. The minimum Gasteiger partial charge on any atom is -0.268 e. The van der Waals surface area contributed by atoms with Crippen molar-refractivity contribution >= 4 is 21.1 Å². The number of rotatable bonds is 4. The molecule has 1 saturated heterocycles. The van der Waals surface area contributed by atoms with E-state index in [-0.39, 0.29) is 5.41 Å². The van der Waals surface area contributed by atoms with Gasteiger partial charge in [-0.3, -0.25) is 9.67 Å². The zero-order valence-corrected chi connectivity index (χ0v) is 16.6. The lowest BCUT2D eigenvalue weighted by Crippen LogP contribution is -2.41. The summed E-state index contributed by atoms with van der Waals surface area (Å²) in [6, 6.07) is 12.3. The van der Waals surface area contributed by atoms with E-state index >= 15 is 0 Å². The van der Waals surface area contributed by atoms with Crippen LogP contribution >= 0.6 is 0 Å². The van der Waals surface area contributed by atoms with E-state index < -0.39 is 10.2 Å². The van der Waals surface area contributed by atoms with Crippen LogP contribution in [0.1, 0.15) is 25.5 Å². The largest absolute Gasteiger partial charge is 0.279 e. The van der Waals surface area contributed by atoms with Crippen LogP contribution < -0.4 is 4.72 Å². The van der Waals surface area contributed by atoms with Gasteiger partial charge in [0.25, 0.3) is 10.2 Å². The van der Waals surface area contributed by atoms with Crippen LogP contribution in [0, 0.1) is 0 Å². The first-order chi connectivity index (χ1) is 13.5. The summed E-state index contributed by atoms with van der Waals surface area (Å²) in [6.07, 6.45) is 3.63. The normalized spacial score (nSPS) is 22.3. The van der Waals surface area contributed by atoms with Crippen LogP contribution in [0.15, 0.2) is 42.6 Å². The molecule has 0 radical (unpaired) electrons. The summed E-state index contributed by atoms with van der Waals surface area (Å²) in [6.45, 7) is 4.10. The van der Waals surface area contributed by atoms with Crippen molar-refractivity contribution in [1.29, 1.82) is 0 Å². The Morgan fingerprint density at radius 1 is 1.18 bits per heavy atom. The van der Waals surface area contributed by atoms with Gasteiger partial charge in [-0.05, 0) is 31.0 Å². The summed E-state index contributed by atoms with van der Waals surface area (Å²) in [5.74, 6) is 0. The molecule has 28 heavy (non-hydrogen) atoms. The quantitative estimate of drug-likeness (QED) is 0.733. The first-order valence-electron chi connectivity index (χ1n) is 9.69. The van der Waals surface area contributed by atoms with Crippen molar-refractivity contribution in [2.45, 2.75) is 31.7 Å². The zero-order chi connectivity index (χ0) is 19.4. The second kappa shape index (κ2) is 6.37. The first kappa shape index (κ1) is 17.8. The van der Waals surface area contributed by atoms with Gasteiger partial charge in [-0.15, -0.1) is 0 Å². The zero-order valence-electron chi connectivity index (χ0n) is 15.8. The van der Waals surface area contributed by atoms with Crippen molar-refractivity contribution in [3.8, 4) is 11.3 Å². The van der Waals surface area contributed by atoms with Crippen molar-refractivity contribution in [2.24, 2.45) is 0 Å². The summed E-state index contributed by atoms with van der Waals surface area (Å²) in [5.41, 5.74) is 3.86. The predicted molar refractivity (Wildman–Crippen MR) is 108 cm³/mol. The van der Waals surface area contributed by atoms with Crippen LogP contribution in [0.25, 0.3) is 22.2 Å². The van der Waals surface area contributed by atoms with Gasteiger partial charge >= 0.3 is 0 Å². The molecule has 1 aromatic carbocycles. The van der Waals surface area contributed by atoms with Gasteiger partial charge in [-0.1, -0.05) is 25.1 Å². The lowest BCUT2D eigenvalue weighted by atomic mass is 9.82. The van der Waals surface area contributed by atoms with Crippen molar-refractivity contribution in [1.82, 2.24) is 23.8 Å². The van der Waals surface area contributed by atoms with E-state index in [1.54, 1.807) is 11.2 Å². The molecule has 0 amide bonds. The lowest BCUT2D eigenvalue weighted by Gasteiger charge is -2.23. The Kier molecular flexibility index (Phi) is 4.04. The van der Waals surface area contributed by atoms with Gasteiger partial charge in [-0.2, -0.15) is 17.8 Å². The highest BCUT2D eigenvalue weighted by atomic mass is 32.2. The highest BCUT2D eigenvalue weighted by Crippen LogP contribution is 2.44. The maximum Gasteiger partial charge on any atom is 0.279 e. The Morgan fingerprint density at radius 2 is 2.00 bits per heavy atom. The summed E-state index contributed by atoms with van der Waals surface area (Å²) in [4.78, 5) is 4.55. The molecule has 1 spiro atoms. The third-order valence-corrected chi connectivity index (χ3v) is 7.64. The molecule has 0 bridgehead atoms. The number of pyridine rings is 1. The Bertz CT molecular complexity index is 1160. The van der Waals surface area contributed by atoms with E-state index in [4.69, 9.17) is 5.10 Å². The minimum absolute atomic E-state index is 0.141. The molecule has 1 atom stereocenters. The van der Waals surface area contributed by atoms with Gasteiger partial charge in [0, 0.05) is 54.4 Å². The van der Waals surface area contributed by atoms with Crippen molar-refractivity contribution in [2.75, 3.05) is 19.6 Å². The summed E-state index contributed by atoms with van der Waals surface area (Å²) in [7, 11) is -3.40. The van der Waals surface area contributed by atoms with Gasteiger partial charge in [0.05, 0.1) is 11.2 Å². The van der Waals surface area contributed by atoms with Crippen molar-refractivity contribution in [3.63, 3.8) is 0 Å². The van der Waals surface area contributed by atoms with Crippen LogP contribution in [0.4, 0.5) is 0 Å². The highest BCUT2D eigenvalue weighted by molar-refractivity contribution is 7.87. The molecule has 146 valence electrons. The van der Waals surface area contributed by atoms with E-state index in [9.17, 15) is 8.42 Å². The Hall–Kier alpha value is -2.29. The van der Waals surface area contributed by atoms with E-state index in [1.165, 1.54) is 0 Å². The molecular weight excluding hydrogens is 374 g/mol. The van der Waals surface area contributed by atoms with Crippen LogP contribution in [0.2, 0.25) is 0 Å². The molecule has 2 aliphatic heterocycles. The van der Waals surface area contributed by atoms with Gasteiger partial charge < -0.3 is 0 Å². The van der Waals surface area contributed by atoms with E-state index in [0.29, 0.717) is 19.6 Å². The standard InChI is InChI=1S/C20H23N5O2S/c1-2-22-28(26,27)24-9-7-20(14-24)8-10-25-19(20)12-18(23-25)16-11-15-5-3-4-6-17(15)21-13-16/h3-6,11-13,22H,2,7-10,14H2,1H3. The van der Waals surface area contributed by atoms with Gasteiger partial charge in [-0.25, -0.2) is 4.72 Å². The molecule has 5 rings (SSSR count). The summed E-state index contributed by atoms with van der Waals surface area (Å²) < 4.78 is 31.1. The van der Waals surface area contributed by atoms with Crippen LogP contribution in [0.5, 0.6) is 0 Å². The minimum atomic E-state index is -3.40. The molecule has 2 aromatic heterocycles. The molecule has 8 heteroatoms. The Balaban J connectivity index is 1.48. The maximum atomic E-state index is 12.4. The van der Waals surface area contributed by atoms with E-state index in [0.717, 1.165) is 47.2 Å². The molecular formula is C20H23N5O2S. The maximum absolute atomic E-state index is 12.4. The number of hydrogen-bond donors (Lipinski definition) is 1. The van der Waals surface area contributed by atoms with E-state index in [2.05, 4.69) is 27.9 Å². The number of aryl methyl sites for hydroxylation is 1. The molecule has 2 aliphatic rings. The fourth-order valence-electron chi connectivity index (χ4n) is 4.54. The number of benzene rings is 1. The molecule has 3 aromatic rings. The fraction of sp³-hybridized carbons (Fsp3) is 0.400. The number of para-hydroxylation sites is 1. The lowest BCUT2D eigenvalue weighted by molar-refractivity contribution is 0.411. The first-order valence-corrected chi connectivity index (χ1v) is 11.1. The topological polar surface area (TPSA) is 80.1 Å². The average molecular weight is 398 g/mol. The van der Waals surface area contributed by atoms with Crippen LogP contribution in [-0.2, 0) is 22.2 Å². The molecule has 0 aliphatic carbocycles. The molecule has 1 N–H and O–H groups in total. The van der Waals surface area contributed by atoms with Gasteiger partial charge in [0.1, 0.15) is 0 Å². The second-order valence-corrected chi connectivity index (χ2v) is 9.43. The number of hydrogen-bond acceptors (Lipinski definition) is 4. The third kappa shape index (κ3) is 2.75. The van der Waals surface area contributed by atoms with Crippen LogP contribution in [0.3, 0.4) is 0 Å². The number of aromatic nitrogens is 3. The third-order valence-electron chi connectivity index (χ3n) is 6.00. The fourth-order valence-corrected chi connectivity index (χ4v) is 5.84.